The van der Waals surface area contributed by atoms with E-state index in [1.165, 1.54) is 6.20 Å². The van der Waals surface area contributed by atoms with Crippen LogP contribution in [-0.4, -0.2) is 5.91 Å². The topological polar surface area (TPSA) is 64.9 Å². The molecule has 1 amide bonds. The quantitative estimate of drug-likeness (QED) is 0.420. The van der Waals surface area contributed by atoms with Crippen LogP contribution in [-0.2, 0) is 4.79 Å². The van der Waals surface area contributed by atoms with E-state index in [4.69, 9.17) is 0 Å². The smallest absolute Gasteiger partial charge is 0.267 e. The van der Waals surface area contributed by atoms with Crippen molar-refractivity contribution in [2.45, 2.75) is 20.8 Å². The fraction of sp³-hybridized carbons (Fsp3) is 0.158. The molecule has 0 aliphatic heterocycles. The van der Waals surface area contributed by atoms with Crippen LogP contribution in [0.25, 0.3) is 0 Å². The SMILES string of the molecule is Cc1ccc(NC(=O)/C(C#N)=C\Nc2ccc(I)cc2C)c(C)c1. The van der Waals surface area contributed by atoms with Gasteiger partial charge in [0.05, 0.1) is 0 Å². The first-order valence-electron chi connectivity index (χ1n) is 7.42. The van der Waals surface area contributed by atoms with Gasteiger partial charge in [-0.1, -0.05) is 17.7 Å². The van der Waals surface area contributed by atoms with Gasteiger partial charge in [-0.2, -0.15) is 5.26 Å². The van der Waals surface area contributed by atoms with Crippen LogP contribution < -0.4 is 10.6 Å². The molecule has 5 heteroatoms. The van der Waals surface area contributed by atoms with Crippen LogP contribution in [0.4, 0.5) is 11.4 Å². The number of nitrogens with one attached hydrogen (secondary N) is 2. The Labute approximate surface area is 155 Å². The summed E-state index contributed by atoms with van der Waals surface area (Å²) in [5, 5.41) is 15.1. The summed E-state index contributed by atoms with van der Waals surface area (Å²) in [4.78, 5) is 12.3. The van der Waals surface area contributed by atoms with Gasteiger partial charge in [-0.05, 0) is 78.8 Å². The molecule has 0 aromatic heterocycles. The van der Waals surface area contributed by atoms with Crippen LogP contribution in [0.15, 0.2) is 48.2 Å². The van der Waals surface area contributed by atoms with Gasteiger partial charge in [0.25, 0.3) is 5.91 Å². The van der Waals surface area contributed by atoms with Crippen molar-refractivity contribution in [2.24, 2.45) is 0 Å². The Hall–Kier alpha value is -2.33. The average molecular weight is 431 g/mol. The van der Waals surface area contributed by atoms with Gasteiger partial charge in [0.2, 0.25) is 0 Å². The molecule has 122 valence electrons. The third-order valence-corrected chi connectivity index (χ3v) is 4.23. The molecule has 0 atom stereocenters. The van der Waals surface area contributed by atoms with Crippen LogP contribution in [0.3, 0.4) is 0 Å². The molecular formula is C19H18IN3O. The zero-order chi connectivity index (χ0) is 17.7. The number of rotatable bonds is 4. The lowest BCUT2D eigenvalue weighted by Gasteiger charge is -2.09. The molecule has 2 aromatic carbocycles. The molecule has 0 saturated carbocycles. The fourth-order valence-corrected chi connectivity index (χ4v) is 2.88. The van der Waals surface area contributed by atoms with Crippen molar-refractivity contribution < 1.29 is 4.79 Å². The average Bonchev–Trinajstić information content (AvgIpc) is 2.52. The van der Waals surface area contributed by atoms with E-state index in [-0.39, 0.29) is 5.57 Å². The summed E-state index contributed by atoms with van der Waals surface area (Å²) >= 11 is 2.24. The highest BCUT2D eigenvalue weighted by molar-refractivity contribution is 14.1. The summed E-state index contributed by atoms with van der Waals surface area (Å²) < 4.78 is 1.13. The maximum absolute atomic E-state index is 12.3. The van der Waals surface area contributed by atoms with Crippen molar-refractivity contribution in [1.82, 2.24) is 0 Å². The van der Waals surface area contributed by atoms with Crippen LogP contribution >= 0.6 is 22.6 Å². The van der Waals surface area contributed by atoms with Crippen molar-refractivity contribution >= 4 is 39.9 Å². The van der Waals surface area contributed by atoms with Gasteiger partial charge in [-0.25, -0.2) is 0 Å². The maximum atomic E-state index is 12.3. The van der Waals surface area contributed by atoms with E-state index in [2.05, 4.69) is 33.2 Å². The second-order valence-corrected chi connectivity index (χ2v) is 6.79. The molecule has 0 radical (unpaired) electrons. The van der Waals surface area contributed by atoms with E-state index < -0.39 is 5.91 Å². The number of anilines is 2. The third-order valence-electron chi connectivity index (χ3n) is 3.56. The Bertz CT molecular complexity index is 850. The lowest BCUT2D eigenvalue weighted by molar-refractivity contribution is -0.112. The first kappa shape index (κ1) is 18.0. The zero-order valence-electron chi connectivity index (χ0n) is 13.8. The van der Waals surface area contributed by atoms with Crippen LogP contribution in [0.5, 0.6) is 0 Å². The number of nitriles is 1. The molecule has 0 aliphatic carbocycles. The largest absolute Gasteiger partial charge is 0.360 e. The lowest BCUT2D eigenvalue weighted by Crippen LogP contribution is -2.15. The summed E-state index contributed by atoms with van der Waals surface area (Å²) in [5.74, 6) is -0.430. The third kappa shape index (κ3) is 4.59. The summed E-state index contributed by atoms with van der Waals surface area (Å²) in [7, 11) is 0. The summed E-state index contributed by atoms with van der Waals surface area (Å²) in [6.07, 6.45) is 1.44. The first-order chi connectivity index (χ1) is 11.4. The standard InChI is InChI=1S/C19H18IN3O/c1-12-4-6-18(13(2)8-12)23-19(24)15(10-21)11-22-17-7-5-16(20)9-14(17)3/h4-9,11,22H,1-3H3,(H,23,24)/b15-11-. The van der Waals surface area contributed by atoms with Crippen molar-refractivity contribution in [2.75, 3.05) is 10.6 Å². The highest BCUT2D eigenvalue weighted by atomic mass is 127. The van der Waals surface area contributed by atoms with E-state index in [9.17, 15) is 10.1 Å². The first-order valence-corrected chi connectivity index (χ1v) is 8.50. The van der Waals surface area contributed by atoms with E-state index >= 15 is 0 Å². The molecule has 0 spiro atoms. The highest BCUT2D eigenvalue weighted by Gasteiger charge is 2.11. The molecule has 0 aliphatic rings. The number of amides is 1. The minimum atomic E-state index is -0.430. The van der Waals surface area contributed by atoms with E-state index in [1.807, 2.05) is 63.2 Å². The number of carbonyl (C=O) groups is 1. The maximum Gasteiger partial charge on any atom is 0.267 e. The Morgan fingerprint density at radius 3 is 2.38 bits per heavy atom. The molecule has 0 unspecified atom stereocenters. The van der Waals surface area contributed by atoms with Gasteiger partial charge < -0.3 is 10.6 Å². The molecule has 0 fully saturated rings. The number of carbonyl (C=O) groups excluding carboxylic acids is 1. The second-order valence-electron chi connectivity index (χ2n) is 5.55. The van der Waals surface area contributed by atoms with Crippen molar-refractivity contribution in [3.63, 3.8) is 0 Å². The summed E-state index contributed by atoms with van der Waals surface area (Å²) in [5.41, 5.74) is 4.72. The minimum Gasteiger partial charge on any atom is -0.360 e. The zero-order valence-corrected chi connectivity index (χ0v) is 15.9. The summed E-state index contributed by atoms with van der Waals surface area (Å²) in [6.45, 7) is 5.89. The van der Waals surface area contributed by atoms with Gasteiger partial charge >= 0.3 is 0 Å². The monoisotopic (exact) mass is 431 g/mol. The van der Waals surface area contributed by atoms with Crippen molar-refractivity contribution in [3.05, 3.63) is 68.4 Å². The van der Waals surface area contributed by atoms with Crippen LogP contribution in [0.2, 0.25) is 0 Å². The highest BCUT2D eigenvalue weighted by Crippen LogP contribution is 2.19. The normalized spacial score (nSPS) is 10.9. The number of hydrogen-bond donors (Lipinski definition) is 2. The Kier molecular flexibility index (Phi) is 5.99. The predicted molar refractivity (Wildman–Crippen MR) is 106 cm³/mol. The molecule has 0 saturated heterocycles. The summed E-state index contributed by atoms with van der Waals surface area (Å²) in [6, 6.07) is 13.6. The molecular weight excluding hydrogens is 413 g/mol. The Balaban J connectivity index is 2.15. The predicted octanol–water partition coefficient (Wildman–Crippen LogP) is 4.67. The van der Waals surface area contributed by atoms with Crippen molar-refractivity contribution in [1.29, 1.82) is 5.26 Å². The molecule has 4 nitrogen and oxygen atoms in total. The van der Waals surface area contributed by atoms with Gasteiger partial charge in [0.1, 0.15) is 11.6 Å². The van der Waals surface area contributed by atoms with Gasteiger partial charge in [-0.3, -0.25) is 4.79 Å². The molecule has 2 aromatic rings. The fourth-order valence-electron chi connectivity index (χ4n) is 2.23. The van der Waals surface area contributed by atoms with E-state index in [1.54, 1.807) is 0 Å². The van der Waals surface area contributed by atoms with E-state index in [0.29, 0.717) is 5.69 Å². The number of hydrogen-bond acceptors (Lipinski definition) is 3. The Morgan fingerprint density at radius 2 is 1.75 bits per heavy atom. The van der Waals surface area contributed by atoms with Gasteiger partial charge in [0.15, 0.2) is 0 Å². The number of aryl methyl sites for hydroxylation is 3. The number of halogens is 1. The lowest BCUT2D eigenvalue weighted by atomic mass is 10.1. The van der Waals surface area contributed by atoms with E-state index in [0.717, 1.165) is 25.9 Å². The second kappa shape index (κ2) is 7.97. The van der Waals surface area contributed by atoms with Crippen LogP contribution in [0.1, 0.15) is 16.7 Å². The van der Waals surface area contributed by atoms with Gasteiger partial charge in [0, 0.05) is 21.1 Å². The number of nitrogens with zero attached hydrogens (tertiary/aromatic N) is 1. The Morgan fingerprint density at radius 1 is 1.08 bits per heavy atom. The molecule has 0 bridgehead atoms. The number of benzene rings is 2. The minimum absolute atomic E-state index is 0.0212. The van der Waals surface area contributed by atoms with Gasteiger partial charge in [-0.15, -0.1) is 0 Å². The molecule has 24 heavy (non-hydrogen) atoms. The molecule has 2 rings (SSSR count). The van der Waals surface area contributed by atoms with Crippen LogP contribution in [0, 0.1) is 35.7 Å². The molecule has 0 heterocycles. The molecule has 2 N–H and O–H groups in total. The van der Waals surface area contributed by atoms with Crippen molar-refractivity contribution in [3.8, 4) is 6.07 Å².